The van der Waals surface area contributed by atoms with Crippen molar-refractivity contribution in [2.45, 2.75) is 45.4 Å². The molecule has 1 amide bonds. The Morgan fingerprint density at radius 2 is 2.06 bits per heavy atom. The van der Waals surface area contributed by atoms with Crippen LogP contribution in [0.4, 0.5) is 0 Å². The van der Waals surface area contributed by atoms with Gasteiger partial charge in [0.15, 0.2) is 0 Å². The first-order valence-corrected chi connectivity index (χ1v) is 6.60. The van der Waals surface area contributed by atoms with Crippen LogP contribution in [0.3, 0.4) is 0 Å². The second kappa shape index (κ2) is 6.89. The molecule has 0 saturated heterocycles. The molecule has 0 heterocycles. The van der Waals surface area contributed by atoms with E-state index in [1.165, 1.54) is 32.1 Å². The fourth-order valence-corrected chi connectivity index (χ4v) is 2.54. The van der Waals surface area contributed by atoms with Crippen LogP contribution in [0, 0.1) is 11.8 Å². The number of rotatable bonds is 6. The maximum atomic E-state index is 11.9. The van der Waals surface area contributed by atoms with Gasteiger partial charge >= 0.3 is 0 Å². The van der Waals surface area contributed by atoms with Gasteiger partial charge in [-0.15, -0.1) is 0 Å². The van der Waals surface area contributed by atoms with Gasteiger partial charge in [-0.2, -0.15) is 0 Å². The van der Waals surface area contributed by atoms with Gasteiger partial charge in [-0.1, -0.05) is 32.6 Å². The quantitative estimate of drug-likeness (QED) is 0.753. The summed E-state index contributed by atoms with van der Waals surface area (Å²) >= 11 is 0. The lowest BCUT2D eigenvalue weighted by atomic mass is 10.0. The van der Waals surface area contributed by atoms with E-state index in [2.05, 4.69) is 0 Å². The first-order chi connectivity index (χ1) is 7.65. The molecule has 0 aromatic rings. The predicted octanol–water partition coefficient (Wildman–Crippen LogP) is 2.01. The summed E-state index contributed by atoms with van der Waals surface area (Å²) in [6.07, 6.45) is 7.46. The molecule has 1 atom stereocenters. The molecular weight excluding hydrogens is 200 g/mol. The average molecular weight is 226 g/mol. The second-order valence-electron chi connectivity index (χ2n) is 5.18. The lowest BCUT2D eigenvalue weighted by Gasteiger charge is -2.22. The second-order valence-corrected chi connectivity index (χ2v) is 5.18. The molecule has 0 aliphatic heterocycles. The van der Waals surface area contributed by atoms with Crippen LogP contribution in [-0.4, -0.2) is 30.9 Å². The molecule has 0 aromatic heterocycles. The van der Waals surface area contributed by atoms with Crippen LogP contribution in [0.15, 0.2) is 0 Å². The van der Waals surface area contributed by atoms with Crippen molar-refractivity contribution in [3.8, 4) is 0 Å². The summed E-state index contributed by atoms with van der Waals surface area (Å²) < 4.78 is 0. The van der Waals surface area contributed by atoms with Crippen LogP contribution in [0.25, 0.3) is 0 Å². The summed E-state index contributed by atoms with van der Waals surface area (Å²) in [6, 6.07) is 0. The number of hydrogen-bond acceptors (Lipinski definition) is 2. The molecule has 1 fully saturated rings. The van der Waals surface area contributed by atoms with Crippen molar-refractivity contribution < 1.29 is 4.79 Å². The largest absolute Gasteiger partial charge is 0.346 e. The zero-order valence-corrected chi connectivity index (χ0v) is 10.7. The highest BCUT2D eigenvalue weighted by Gasteiger charge is 2.19. The third-order valence-electron chi connectivity index (χ3n) is 3.74. The molecule has 0 spiro atoms. The minimum atomic E-state index is 0.0820. The molecular formula is C13H26N2O. The van der Waals surface area contributed by atoms with E-state index in [0.29, 0.717) is 6.54 Å². The SMILES string of the molecule is CC(CCN)C(=O)N(C)CCC1CCCC1. The Hall–Kier alpha value is -0.570. The van der Waals surface area contributed by atoms with Crippen molar-refractivity contribution >= 4 is 5.91 Å². The fourth-order valence-electron chi connectivity index (χ4n) is 2.54. The van der Waals surface area contributed by atoms with E-state index in [9.17, 15) is 4.79 Å². The molecule has 0 radical (unpaired) electrons. The Morgan fingerprint density at radius 1 is 1.44 bits per heavy atom. The monoisotopic (exact) mass is 226 g/mol. The lowest BCUT2D eigenvalue weighted by molar-refractivity contribution is -0.133. The minimum absolute atomic E-state index is 0.0820. The maximum Gasteiger partial charge on any atom is 0.225 e. The van der Waals surface area contributed by atoms with Crippen LogP contribution < -0.4 is 5.73 Å². The third kappa shape index (κ3) is 4.12. The summed E-state index contributed by atoms with van der Waals surface area (Å²) in [5.74, 6) is 1.20. The van der Waals surface area contributed by atoms with Crippen LogP contribution in [-0.2, 0) is 4.79 Å². The predicted molar refractivity (Wildman–Crippen MR) is 67.0 cm³/mol. The Bertz CT molecular complexity index is 212. The number of carbonyl (C=O) groups is 1. The van der Waals surface area contributed by atoms with Crippen molar-refractivity contribution in [2.24, 2.45) is 17.6 Å². The summed E-state index contributed by atoms with van der Waals surface area (Å²) in [5, 5.41) is 0. The van der Waals surface area contributed by atoms with Gasteiger partial charge in [-0.25, -0.2) is 0 Å². The first kappa shape index (κ1) is 13.5. The van der Waals surface area contributed by atoms with Gasteiger partial charge in [-0.3, -0.25) is 4.79 Å². The highest BCUT2D eigenvalue weighted by atomic mass is 16.2. The van der Waals surface area contributed by atoms with Crippen molar-refractivity contribution in [1.29, 1.82) is 0 Å². The number of hydrogen-bond donors (Lipinski definition) is 1. The van der Waals surface area contributed by atoms with Crippen molar-refractivity contribution in [3.05, 3.63) is 0 Å². The number of nitrogens with zero attached hydrogens (tertiary/aromatic N) is 1. The normalized spacial score (nSPS) is 18.7. The number of nitrogens with two attached hydrogens (primary N) is 1. The average Bonchev–Trinajstić information content (AvgIpc) is 2.78. The summed E-state index contributed by atoms with van der Waals surface area (Å²) in [4.78, 5) is 13.8. The minimum Gasteiger partial charge on any atom is -0.346 e. The van der Waals surface area contributed by atoms with Crippen LogP contribution in [0.1, 0.15) is 45.4 Å². The van der Waals surface area contributed by atoms with E-state index < -0.39 is 0 Å². The molecule has 2 N–H and O–H groups in total. The van der Waals surface area contributed by atoms with Gasteiger partial charge in [0.25, 0.3) is 0 Å². The van der Waals surface area contributed by atoms with Gasteiger partial charge < -0.3 is 10.6 Å². The zero-order chi connectivity index (χ0) is 12.0. The Morgan fingerprint density at radius 3 is 2.62 bits per heavy atom. The lowest BCUT2D eigenvalue weighted by Crippen LogP contribution is -2.34. The maximum absolute atomic E-state index is 11.9. The van der Waals surface area contributed by atoms with Gasteiger partial charge in [0, 0.05) is 19.5 Å². The molecule has 0 bridgehead atoms. The van der Waals surface area contributed by atoms with Gasteiger partial charge in [0.1, 0.15) is 0 Å². The van der Waals surface area contributed by atoms with E-state index in [-0.39, 0.29) is 11.8 Å². The molecule has 1 aliphatic rings. The highest BCUT2D eigenvalue weighted by molar-refractivity contribution is 5.78. The topological polar surface area (TPSA) is 46.3 Å². The molecule has 1 saturated carbocycles. The van der Waals surface area contributed by atoms with E-state index in [1.54, 1.807) is 0 Å². The molecule has 3 nitrogen and oxygen atoms in total. The van der Waals surface area contributed by atoms with Gasteiger partial charge in [-0.05, 0) is 25.3 Å². The van der Waals surface area contributed by atoms with E-state index in [4.69, 9.17) is 5.73 Å². The Labute approximate surface area is 99.4 Å². The first-order valence-electron chi connectivity index (χ1n) is 6.60. The molecule has 1 aliphatic carbocycles. The van der Waals surface area contributed by atoms with E-state index >= 15 is 0 Å². The van der Waals surface area contributed by atoms with Gasteiger partial charge in [0.05, 0.1) is 0 Å². The number of amides is 1. The number of carbonyl (C=O) groups excluding carboxylic acids is 1. The molecule has 94 valence electrons. The standard InChI is InChI=1S/C13H26N2O/c1-11(7-9-14)13(16)15(2)10-8-12-5-3-4-6-12/h11-12H,3-10,14H2,1-2H3. The summed E-state index contributed by atoms with van der Waals surface area (Å²) in [7, 11) is 1.92. The van der Waals surface area contributed by atoms with Crippen molar-refractivity contribution in [2.75, 3.05) is 20.1 Å². The molecule has 1 rings (SSSR count). The van der Waals surface area contributed by atoms with Crippen molar-refractivity contribution in [1.82, 2.24) is 4.90 Å². The van der Waals surface area contributed by atoms with E-state index in [1.807, 2.05) is 18.9 Å². The van der Waals surface area contributed by atoms with Crippen LogP contribution in [0.2, 0.25) is 0 Å². The third-order valence-corrected chi connectivity index (χ3v) is 3.74. The zero-order valence-electron chi connectivity index (χ0n) is 10.7. The summed E-state index contributed by atoms with van der Waals surface area (Å²) in [6.45, 7) is 3.49. The molecule has 1 unspecified atom stereocenters. The van der Waals surface area contributed by atoms with E-state index in [0.717, 1.165) is 18.9 Å². The Kier molecular flexibility index (Phi) is 5.81. The smallest absolute Gasteiger partial charge is 0.225 e. The summed E-state index contributed by atoms with van der Waals surface area (Å²) in [5.41, 5.74) is 5.47. The Balaban J connectivity index is 2.22. The van der Waals surface area contributed by atoms with Crippen molar-refractivity contribution in [3.63, 3.8) is 0 Å². The van der Waals surface area contributed by atoms with Crippen LogP contribution >= 0.6 is 0 Å². The highest BCUT2D eigenvalue weighted by Crippen LogP contribution is 2.27. The fraction of sp³-hybridized carbons (Fsp3) is 0.923. The molecule has 0 aromatic carbocycles. The molecule has 3 heteroatoms. The van der Waals surface area contributed by atoms with Crippen LogP contribution in [0.5, 0.6) is 0 Å². The van der Waals surface area contributed by atoms with Gasteiger partial charge in [0.2, 0.25) is 5.91 Å². The molecule has 16 heavy (non-hydrogen) atoms.